The van der Waals surface area contributed by atoms with E-state index in [1.54, 1.807) is 6.07 Å². The standard InChI is InChI=1S/C21H22Cl2N6/c22-16-7-4-8-17(18(16)23)27-20-19(24)21(26-14-25-20)29-11-9-28(10-12-29)13-15-5-2-1-3-6-15/h1-8,14H,9-13,24H2,(H,25,26,27). The Morgan fingerprint density at radius 1 is 0.931 bits per heavy atom. The smallest absolute Gasteiger partial charge is 0.159 e. The van der Waals surface area contributed by atoms with Gasteiger partial charge in [-0.1, -0.05) is 59.6 Å². The molecule has 6 nitrogen and oxygen atoms in total. The zero-order chi connectivity index (χ0) is 20.2. The molecule has 1 aliphatic heterocycles. The number of nitrogens with one attached hydrogen (secondary N) is 1. The molecule has 4 rings (SSSR count). The highest BCUT2D eigenvalue weighted by Gasteiger charge is 2.21. The number of piperazine rings is 1. The molecule has 3 aromatic rings. The zero-order valence-corrected chi connectivity index (χ0v) is 17.4. The molecule has 0 radical (unpaired) electrons. The van der Waals surface area contributed by atoms with Crippen LogP contribution < -0.4 is 16.0 Å². The Bertz CT molecular complexity index is 974. The van der Waals surface area contributed by atoms with Gasteiger partial charge in [-0.25, -0.2) is 9.97 Å². The van der Waals surface area contributed by atoms with E-state index in [1.807, 2.05) is 18.2 Å². The van der Waals surface area contributed by atoms with E-state index in [0.717, 1.165) is 38.5 Å². The zero-order valence-electron chi connectivity index (χ0n) is 15.9. The Morgan fingerprint density at radius 3 is 2.45 bits per heavy atom. The molecule has 29 heavy (non-hydrogen) atoms. The second kappa shape index (κ2) is 8.86. The molecule has 1 aliphatic rings. The molecule has 3 N–H and O–H groups in total. The minimum Gasteiger partial charge on any atom is -0.393 e. The van der Waals surface area contributed by atoms with E-state index in [9.17, 15) is 0 Å². The van der Waals surface area contributed by atoms with Crippen molar-refractivity contribution in [3.05, 3.63) is 70.5 Å². The van der Waals surface area contributed by atoms with Gasteiger partial charge in [-0.3, -0.25) is 4.90 Å². The van der Waals surface area contributed by atoms with Crippen molar-refractivity contribution in [3.63, 3.8) is 0 Å². The van der Waals surface area contributed by atoms with Gasteiger partial charge in [0.25, 0.3) is 0 Å². The van der Waals surface area contributed by atoms with Crippen LogP contribution in [0.1, 0.15) is 5.56 Å². The molecule has 0 amide bonds. The SMILES string of the molecule is Nc1c(Nc2cccc(Cl)c2Cl)ncnc1N1CCN(Cc2ccccc2)CC1. The molecule has 1 fully saturated rings. The van der Waals surface area contributed by atoms with Crippen LogP contribution in [0.2, 0.25) is 10.0 Å². The topological polar surface area (TPSA) is 70.3 Å². The molecule has 2 aromatic carbocycles. The third-order valence-electron chi connectivity index (χ3n) is 4.99. The highest BCUT2D eigenvalue weighted by Crippen LogP contribution is 2.34. The van der Waals surface area contributed by atoms with E-state index >= 15 is 0 Å². The normalized spacial score (nSPS) is 14.8. The molecule has 150 valence electrons. The molecule has 8 heteroatoms. The maximum Gasteiger partial charge on any atom is 0.159 e. The molecule has 0 bridgehead atoms. The number of nitrogens with two attached hydrogens (primary N) is 1. The summed E-state index contributed by atoms with van der Waals surface area (Å²) in [5, 5.41) is 4.08. The molecule has 1 saturated heterocycles. The van der Waals surface area contributed by atoms with E-state index in [4.69, 9.17) is 28.9 Å². The van der Waals surface area contributed by atoms with Crippen LogP contribution in [0.15, 0.2) is 54.9 Å². The van der Waals surface area contributed by atoms with Gasteiger partial charge >= 0.3 is 0 Å². The molecule has 0 unspecified atom stereocenters. The Hall–Kier alpha value is -2.54. The van der Waals surface area contributed by atoms with E-state index in [-0.39, 0.29) is 0 Å². The number of nitrogen functional groups attached to an aromatic ring is 1. The summed E-state index contributed by atoms with van der Waals surface area (Å²) in [4.78, 5) is 13.3. The first-order valence-corrected chi connectivity index (χ1v) is 10.2. The molecular weight excluding hydrogens is 407 g/mol. The lowest BCUT2D eigenvalue weighted by molar-refractivity contribution is 0.249. The Labute approximate surface area is 180 Å². The number of hydrogen-bond acceptors (Lipinski definition) is 6. The second-order valence-electron chi connectivity index (χ2n) is 6.93. The third kappa shape index (κ3) is 4.56. The van der Waals surface area contributed by atoms with Crippen molar-refractivity contribution < 1.29 is 0 Å². The minimum absolute atomic E-state index is 0.434. The summed E-state index contributed by atoms with van der Waals surface area (Å²) in [6.45, 7) is 4.55. The fraction of sp³-hybridized carbons (Fsp3) is 0.238. The number of anilines is 4. The van der Waals surface area contributed by atoms with Gasteiger partial charge in [0.15, 0.2) is 11.6 Å². The molecule has 0 aliphatic carbocycles. The van der Waals surface area contributed by atoms with Crippen molar-refractivity contribution in [1.29, 1.82) is 0 Å². The number of aromatic nitrogens is 2. The van der Waals surface area contributed by atoms with Crippen LogP contribution in [0.3, 0.4) is 0 Å². The van der Waals surface area contributed by atoms with Crippen LogP contribution in [0, 0.1) is 0 Å². The van der Waals surface area contributed by atoms with Crippen LogP contribution in [-0.4, -0.2) is 41.0 Å². The van der Waals surface area contributed by atoms with Gasteiger partial charge in [-0.05, 0) is 17.7 Å². The van der Waals surface area contributed by atoms with Gasteiger partial charge in [0, 0.05) is 32.7 Å². The molecule has 2 heterocycles. The van der Waals surface area contributed by atoms with E-state index in [2.05, 4.69) is 49.4 Å². The van der Waals surface area contributed by atoms with Crippen molar-refractivity contribution in [2.75, 3.05) is 42.1 Å². The summed E-state index contributed by atoms with van der Waals surface area (Å²) in [6, 6.07) is 15.9. The third-order valence-corrected chi connectivity index (χ3v) is 5.81. The highest BCUT2D eigenvalue weighted by molar-refractivity contribution is 6.43. The van der Waals surface area contributed by atoms with Crippen molar-refractivity contribution in [2.45, 2.75) is 6.54 Å². The van der Waals surface area contributed by atoms with Gasteiger partial charge in [-0.15, -0.1) is 0 Å². The van der Waals surface area contributed by atoms with Crippen molar-refractivity contribution in [1.82, 2.24) is 14.9 Å². The van der Waals surface area contributed by atoms with Crippen molar-refractivity contribution in [2.24, 2.45) is 0 Å². The van der Waals surface area contributed by atoms with Crippen LogP contribution in [-0.2, 0) is 6.54 Å². The van der Waals surface area contributed by atoms with Gasteiger partial charge in [-0.2, -0.15) is 0 Å². The first kappa shape index (κ1) is 19.8. The summed E-state index contributed by atoms with van der Waals surface area (Å²) >= 11 is 12.4. The Balaban J connectivity index is 1.45. The number of benzene rings is 2. The van der Waals surface area contributed by atoms with Gasteiger partial charge in [0.2, 0.25) is 0 Å². The summed E-state index contributed by atoms with van der Waals surface area (Å²) in [6.07, 6.45) is 1.52. The minimum atomic E-state index is 0.434. The van der Waals surface area contributed by atoms with Gasteiger partial charge < -0.3 is 16.0 Å². The number of rotatable bonds is 5. The summed E-state index contributed by atoms with van der Waals surface area (Å²) in [7, 11) is 0. The Morgan fingerprint density at radius 2 is 1.69 bits per heavy atom. The largest absolute Gasteiger partial charge is 0.393 e. The van der Waals surface area contributed by atoms with Crippen LogP contribution in [0.4, 0.5) is 23.0 Å². The Kier molecular flexibility index (Phi) is 6.04. The van der Waals surface area contributed by atoms with Crippen molar-refractivity contribution >= 4 is 46.2 Å². The number of halogens is 2. The average molecular weight is 429 g/mol. The first-order chi connectivity index (χ1) is 14.1. The number of hydrogen-bond donors (Lipinski definition) is 2. The lowest BCUT2D eigenvalue weighted by atomic mass is 10.2. The molecular formula is C21H22Cl2N6. The molecule has 1 aromatic heterocycles. The number of nitrogens with zero attached hydrogens (tertiary/aromatic N) is 4. The predicted octanol–water partition coefficient (Wildman–Crippen LogP) is 4.43. The van der Waals surface area contributed by atoms with Crippen molar-refractivity contribution in [3.8, 4) is 0 Å². The van der Waals surface area contributed by atoms with Crippen LogP contribution >= 0.6 is 23.2 Å². The predicted molar refractivity (Wildman–Crippen MR) is 120 cm³/mol. The van der Waals surface area contributed by atoms with Crippen LogP contribution in [0.5, 0.6) is 0 Å². The fourth-order valence-electron chi connectivity index (χ4n) is 3.43. The quantitative estimate of drug-likeness (QED) is 0.625. The van der Waals surface area contributed by atoms with Gasteiger partial charge in [0.1, 0.15) is 12.0 Å². The summed E-state index contributed by atoms with van der Waals surface area (Å²) in [5.74, 6) is 1.26. The highest BCUT2D eigenvalue weighted by atomic mass is 35.5. The maximum absolute atomic E-state index is 6.39. The van der Waals surface area contributed by atoms with Crippen LogP contribution in [0.25, 0.3) is 0 Å². The van der Waals surface area contributed by atoms with E-state index in [0.29, 0.717) is 27.2 Å². The fourth-order valence-corrected chi connectivity index (χ4v) is 3.77. The molecule has 0 atom stereocenters. The molecule has 0 spiro atoms. The molecule has 0 saturated carbocycles. The van der Waals surface area contributed by atoms with E-state index < -0.39 is 0 Å². The lowest BCUT2D eigenvalue weighted by Crippen LogP contribution is -2.46. The average Bonchev–Trinajstić information content (AvgIpc) is 2.74. The summed E-state index contributed by atoms with van der Waals surface area (Å²) in [5.41, 5.74) is 8.87. The maximum atomic E-state index is 6.39. The van der Waals surface area contributed by atoms with E-state index in [1.165, 1.54) is 11.9 Å². The second-order valence-corrected chi connectivity index (χ2v) is 7.72. The lowest BCUT2D eigenvalue weighted by Gasteiger charge is -2.36. The monoisotopic (exact) mass is 428 g/mol. The first-order valence-electron chi connectivity index (χ1n) is 9.44. The van der Waals surface area contributed by atoms with Gasteiger partial charge in [0.05, 0.1) is 15.7 Å². The summed E-state index contributed by atoms with van der Waals surface area (Å²) < 4.78 is 0.